The predicted molar refractivity (Wildman–Crippen MR) is 156 cm³/mol. The smallest absolute Gasteiger partial charge is 0.273 e. The topological polar surface area (TPSA) is 100 Å². The van der Waals surface area contributed by atoms with Gasteiger partial charge >= 0.3 is 0 Å². The Balaban J connectivity index is 1.78. The molecule has 2 amide bonds. The SMILES string of the molecule is Cc1ccc(C=NNC(=O)c2cc(OCCCCF)ccc2NC(=O)c2cccc(CSCCO)c2)cc1C. The molecule has 0 aliphatic heterocycles. The summed E-state index contributed by atoms with van der Waals surface area (Å²) in [6, 6.07) is 17.9. The minimum Gasteiger partial charge on any atom is -0.494 e. The van der Waals surface area contributed by atoms with Crippen LogP contribution in [0.5, 0.6) is 5.75 Å². The molecular formula is C30H34FN3O4S. The number of rotatable bonds is 14. The number of carbonyl (C=O) groups is 2. The largest absolute Gasteiger partial charge is 0.494 e. The number of hydrogen-bond donors (Lipinski definition) is 3. The predicted octanol–water partition coefficient (Wildman–Crippen LogP) is 5.67. The van der Waals surface area contributed by atoms with Crippen molar-refractivity contribution >= 4 is 35.5 Å². The molecule has 0 unspecified atom stereocenters. The van der Waals surface area contributed by atoms with Crippen LogP contribution < -0.4 is 15.5 Å². The first-order chi connectivity index (χ1) is 18.9. The van der Waals surface area contributed by atoms with Crippen LogP contribution in [-0.4, -0.2) is 48.8 Å². The van der Waals surface area contributed by atoms with Crippen molar-refractivity contribution in [3.8, 4) is 5.75 Å². The minimum absolute atomic E-state index is 0.0972. The fourth-order valence-corrected chi connectivity index (χ4v) is 4.31. The molecule has 39 heavy (non-hydrogen) atoms. The fourth-order valence-electron chi connectivity index (χ4n) is 3.62. The fraction of sp³-hybridized carbons (Fsp3) is 0.300. The monoisotopic (exact) mass is 551 g/mol. The van der Waals surface area contributed by atoms with E-state index in [-0.39, 0.29) is 18.1 Å². The summed E-state index contributed by atoms with van der Waals surface area (Å²) in [7, 11) is 0. The number of amides is 2. The number of hydrogen-bond acceptors (Lipinski definition) is 6. The first kappa shape index (κ1) is 29.9. The molecule has 3 rings (SSSR count). The van der Waals surface area contributed by atoms with Crippen molar-refractivity contribution in [3.63, 3.8) is 0 Å². The summed E-state index contributed by atoms with van der Waals surface area (Å²) in [6.45, 7) is 4.01. The highest BCUT2D eigenvalue weighted by molar-refractivity contribution is 7.98. The molecule has 0 heterocycles. The normalized spacial score (nSPS) is 11.0. The highest BCUT2D eigenvalue weighted by Gasteiger charge is 2.16. The van der Waals surface area contributed by atoms with Gasteiger partial charge < -0.3 is 15.2 Å². The zero-order valence-electron chi connectivity index (χ0n) is 22.2. The third-order valence-corrected chi connectivity index (χ3v) is 6.89. The van der Waals surface area contributed by atoms with E-state index in [0.29, 0.717) is 48.0 Å². The number of carbonyl (C=O) groups excluding carboxylic acids is 2. The van der Waals surface area contributed by atoms with E-state index >= 15 is 0 Å². The third kappa shape index (κ3) is 9.53. The summed E-state index contributed by atoms with van der Waals surface area (Å²) < 4.78 is 18.1. The summed E-state index contributed by atoms with van der Waals surface area (Å²) in [5.41, 5.74) is 7.53. The van der Waals surface area contributed by atoms with E-state index in [1.165, 1.54) is 6.07 Å². The molecule has 0 saturated heterocycles. The molecule has 0 bridgehead atoms. The molecule has 3 aromatic rings. The first-order valence-corrected chi connectivity index (χ1v) is 13.9. The maximum absolute atomic E-state index is 13.1. The van der Waals surface area contributed by atoms with Gasteiger partial charge in [0.05, 0.1) is 37.4 Å². The van der Waals surface area contributed by atoms with E-state index in [2.05, 4.69) is 15.8 Å². The second kappa shape index (κ2) is 15.7. The Morgan fingerprint density at radius 3 is 2.64 bits per heavy atom. The van der Waals surface area contributed by atoms with Gasteiger partial charge in [0, 0.05) is 17.1 Å². The molecule has 9 heteroatoms. The number of benzene rings is 3. The first-order valence-electron chi connectivity index (χ1n) is 12.7. The van der Waals surface area contributed by atoms with E-state index in [1.807, 2.05) is 38.1 Å². The van der Waals surface area contributed by atoms with Gasteiger partial charge in [-0.15, -0.1) is 0 Å². The Morgan fingerprint density at radius 1 is 1.03 bits per heavy atom. The molecule has 206 valence electrons. The lowest BCUT2D eigenvalue weighted by atomic mass is 10.1. The van der Waals surface area contributed by atoms with Crippen LogP contribution in [0.4, 0.5) is 10.1 Å². The molecule has 0 radical (unpaired) electrons. The second-order valence-corrected chi connectivity index (χ2v) is 10.0. The lowest BCUT2D eigenvalue weighted by molar-refractivity contribution is 0.0955. The maximum Gasteiger partial charge on any atom is 0.273 e. The Bertz CT molecular complexity index is 1300. The molecule has 3 N–H and O–H groups in total. The summed E-state index contributed by atoms with van der Waals surface area (Å²) in [5.74, 6) is 0.825. The third-order valence-electron chi connectivity index (χ3n) is 5.88. The number of hydrazone groups is 1. The van der Waals surface area contributed by atoms with E-state index in [9.17, 15) is 14.0 Å². The summed E-state index contributed by atoms with van der Waals surface area (Å²) in [5, 5.41) is 15.9. The number of unbranched alkanes of at least 4 members (excludes halogenated alkanes) is 1. The van der Waals surface area contributed by atoms with Crippen molar-refractivity contribution in [3.05, 3.63) is 94.0 Å². The Labute approximate surface area is 232 Å². The van der Waals surface area contributed by atoms with Gasteiger partial charge in [0.2, 0.25) is 0 Å². The van der Waals surface area contributed by atoms with Crippen molar-refractivity contribution in [1.82, 2.24) is 5.43 Å². The number of anilines is 1. The van der Waals surface area contributed by atoms with Gasteiger partial charge in [0.1, 0.15) is 5.75 Å². The van der Waals surface area contributed by atoms with E-state index in [0.717, 1.165) is 22.3 Å². The number of alkyl halides is 1. The van der Waals surface area contributed by atoms with E-state index in [4.69, 9.17) is 9.84 Å². The van der Waals surface area contributed by atoms with Gasteiger partial charge in [-0.2, -0.15) is 16.9 Å². The Hall–Kier alpha value is -3.69. The number of aliphatic hydroxyl groups excluding tert-OH is 1. The number of thioether (sulfide) groups is 1. The zero-order valence-corrected chi connectivity index (χ0v) is 23.0. The number of nitrogens with one attached hydrogen (secondary N) is 2. The number of ether oxygens (including phenoxy) is 1. The average Bonchev–Trinajstić information content (AvgIpc) is 2.94. The molecule has 0 aliphatic rings. The molecular weight excluding hydrogens is 517 g/mol. The summed E-state index contributed by atoms with van der Waals surface area (Å²) >= 11 is 1.57. The van der Waals surface area contributed by atoms with Gasteiger partial charge in [-0.3, -0.25) is 14.0 Å². The van der Waals surface area contributed by atoms with E-state index < -0.39 is 12.6 Å². The van der Waals surface area contributed by atoms with Gasteiger partial charge in [-0.25, -0.2) is 5.43 Å². The second-order valence-electron chi connectivity index (χ2n) is 8.93. The molecule has 0 atom stereocenters. The molecule has 0 saturated carbocycles. The van der Waals surface area contributed by atoms with Crippen LogP contribution in [0.25, 0.3) is 0 Å². The molecule has 0 aliphatic carbocycles. The lowest BCUT2D eigenvalue weighted by Gasteiger charge is -2.13. The van der Waals surface area contributed by atoms with Crippen LogP contribution in [0, 0.1) is 13.8 Å². The van der Waals surface area contributed by atoms with Crippen molar-refractivity contribution in [1.29, 1.82) is 0 Å². The quantitative estimate of drug-likeness (QED) is 0.136. The van der Waals surface area contributed by atoms with E-state index in [1.54, 1.807) is 48.3 Å². The maximum atomic E-state index is 13.1. The van der Waals surface area contributed by atoms with Gasteiger partial charge in [0.25, 0.3) is 11.8 Å². The van der Waals surface area contributed by atoms with Crippen LogP contribution in [0.2, 0.25) is 0 Å². The Kier molecular flexibility index (Phi) is 12.0. The summed E-state index contributed by atoms with van der Waals surface area (Å²) in [4.78, 5) is 26.2. The molecule has 7 nitrogen and oxygen atoms in total. The highest BCUT2D eigenvalue weighted by Crippen LogP contribution is 2.24. The van der Waals surface area contributed by atoms with Crippen LogP contribution in [0.3, 0.4) is 0 Å². The lowest BCUT2D eigenvalue weighted by Crippen LogP contribution is -2.21. The zero-order chi connectivity index (χ0) is 28.0. The highest BCUT2D eigenvalue weighted by atomic mass is 32.2. The summed E-state index contributed by atoms with van der Waals surface area (Å²) in [6.07, 6.45) is 2.50. The molecule has 0 aromatic heterocycles. The number of nitrogens with zero attached hydrogens (tertiary/aromatic N) is 1. The van der Waals surface area contributed by atoms with Crippen molar-refractivity contribution < 1.29 is 23.8 Å². The number of aryl methyl sites for hydroxylation is 2. The molecule has 0 fully saturated rings. The van der Waals surface area contributed by atoms with Crippen LogP contribution in [0.15, 0.2) is 65.8 Å². The molecule has 0 spiro atoms. The van der Waals surface area contributed by atoms with Gasteiger partial charge in [-0.1, -0.05) is 30.3 Å². The number of halogens is 1. The molecule has 3 aromatic carbocycles. The Morgan fingerprint density at radius 2 is 1.87 bits per heavy atom. The van der Waals surface area contributed by atoms with Crippen molar-refractivity contribution in [2.24, 2.45) is 5.10 Å². The van der Waals surface area contributed by atoms with Gasteiger partial charge in [-0.05, 0) is 79.3 Å². The van der Waals surface area contributed by atoms with Crippen molar-refractivity contribution in [2.45, 2.75) is 32.4 Å². The minimum atomic E-state index is -0.520. The van der Waals surface area contributed by atoms with Crippen LogP contribution in [-0.2, 0) is 5.75 Å². The number of aliphatic hydroxyl groups is 1. The standard InChI is InChI=1S/C30H34FN3O4S/c1-21-8-9-23(16-22(21)2)19-32-34-30(37)27-18-26(38-14-4-3-12-31)10-11-28(27)33-29(36)25-7-5-6-24(17-25)20-39-15-13-35/h5-11,16-19,35H,3-4,12-15,20H2,1-2H3,(H,33,36)(H,34,37). The van der Waals surface area contributed by atoms with Crippen molar-refractivity contribution in [2.75, 3.05) is 31.0 Å². The van der Waals surface area contributed by atoms with Crippen LogP contribution in [0.1, 0.15) is 55.8 Å². The van der Waals surface area contributed by atoms with Crippen LogP contribution >= 0.6 is 11.8 Å². The average molecular weight is 552 g/mol. The van der Waals surface area contributed by atoms with Gasteiger partial charge in [0.15, 0.2) is 0 Å².